The maximum atomic E-state index is 5.12. The van der Waals surface area contributed by atoms with E-state index in [9.17, 15) is 0 Å². The van der Waals surface area contributed by atoms with Crippen LogP contribution < -0.4 is 5.84 Å². The molecule has 2 nitrogen and oxygen atoms in total. The summed E-state index contributed by atoms with van der Waals surface area (Å²) in [7, 11) is 0. The van der Waals surface area contributed by atoms with Crippen LogP contribution in [0.4, 0.5) is 0 Å². The van der Waals surface area contributed by atoms with Gasteiger partial charge in [0.25, 0.3) is 0 Å². The first-order valence-electron chi connectivity index (χ1n) is 3.13. The number of hydrogen-bond acceptors (Lipinski definition) is 2. The van der Waals surface area contributed by atoms with Crippen LogP contribution in [-0.2, 0) is 0 Å². The molecule has 0 fully saturated rings. The van der Waals surface area contributed by atoms with Gasteiger partial charge in [-0.05, 0) is 6.08 Å². The number of allylic oxidation sites excluding steroid dienone is 5. The van der Waals surface area contributed by atoms with E-state index in [1.54, 1.807) is 0 Å². The Labute approximate surface area is 60.4 Å². The Morgan fingerprint density at radius 1 is 1.60 bits per heavy atom. The van der Waals surface area contributed by atoms with E-state index >= 15 is 0 Å². The number of nitrogens with two attached hydrogens (primary N) is 1. The summed E-state index contributed by atoms with van der Waals surface area (Å²) in [6.07, 6.45) is 9.56. The third-order valence-electron chi connectivity index (χ3n) is 1.44. The molecular formula is C8H10N2. The third kappa shape index (κ3) is 1.16. The molecule has 0 radical (unpaired) electrons. The van der Waals surface area contributed by atoms with E-state index < -0.39 is 0 Å². The van der Waals surface area contributed by atoms with Gasteiger partial charge in [0.05, 0.1) is 5.71 Å². The van der Waals surface area contributed by atoms with Crippen molar-refractivity contribution in [2.45, 2.75) is 0 Å². The second kappa shape index (κ2) is 3.01. The summed E-state index contributed by atoms with van der Waals surface area (Å²) in [5.74, 6) is 5.31. The Kier molecular flexibility index (Phi) is 2.05. The molecule has 0 aromatic carbocycles. The standard InChI is InChI=1S/C8H10N2/c1-2-7-5-3-4-6-8(7)10-9/h2-7H,1,9H2/b10-8-. The van der Waals surface area contributed by atoms with Gasteiger partial charge in [-0.2, -0.15) is 5.10 Å². The molecule has 0 aromatic heterocycles. The predicted octanol–water partition coefficient (Wildman–Crippen LogP) is 1.23. The van der Waals surface area contributed by atoms with Crippen molar-refractivity contribution in [3.63, 3.8) is 0 Å². The Morgan fingerprint density at radius 3 is 2.90 bits per heavy atom. The lowest BCUT2D eigenvalue weighted by molar-refractivity contribution is 1.09. The van der Waals surface area contributed by atoms with E-state index in [2.05, 4.69) is 11.7 Å². The van der Waals surface area contributed by atoms with Gasteiger partial charge in [-0.15, -0.1) is 6.58 Å². The molecule has 0 amide bonds. The van der Waals surface area contributed by atoms with E-state index in [4.69, 9.17) is 5.84 Å². The van der Waals surface area contributed by atoms with E-state index in [0.29, 0.717) is 0 Å². The minimum atomic E-state index is 0.190. The molecule has 1 rings (SSSR count). The van der Waals surface area contributed by atoms with Gasteiger partial charge in [-0.1, -0.05) is 24.3 Å². The SMILES string of the molecule is C=CC1C=CC=C/C1=N/N. The fraction of sp³-hybridized carbons (Fsp3) is 0.125. The van der Waals surface area contributed by atoms with E-state index in [0.717, 1.165) is 5.71 Å². The molecule has 0 heterocycles. The van der Waals surface area contributed by atoms with E-state index in [1.807, 2.05) is 30.4 Å². The molecule has 0 bridgehead atoms. The first-order valence-corrected chi connectivity index (χ1v) is 3.13. The highest BCUT2D eigenvalue weighted by Crippen LogP contribution is 2.08. The van der Waals surface area contributed by atoms with Gasteiger partial charge in [0, 0.05) is 5.92 Å². The van der Waals surface area contributed by atoms with Crippen LogP contribution in [0.1, 0.15) is 0 Å². The van der Waals surface area contributed by atoms with Crippen LogP contribution in [0.3, 0.4) is 0 Å². The van der Waals surface area contributed by atoms with Gasteiger partial charge >= 0.3 is 0 Å². The molecule has 10 heavy (non-hydrogen) atoms. The van der Waals surface area contributed by atoms with Gasteiger partial charge in [0.2, 0.25) is 0 Å². The Bertz CT molecular complexity index is 211. The highest BCUT2D eigenvalue weighted by Gasteiger charge is 2.06. The maximum absolute atomic E-state index is 5.12. The van der Waals surface area contributed by atoms with E-state index in [1.165, 1.54) is 0 Å². The molecule has 0 spiro atoms. The normalized spacial score (nSPS) is 27.2. The molecule has 52 valence electrons. The second-order valence-electron chi connectivity index (χ2n) is 2.06. The smallest absolute Gasteiger partial charge is 0.0707 e. The van der Waals surface area contributed by atoms with Crippen molar-refractivity contribution in [2.75, 3.05) is 0 Å². The molecule has 1 atom stereocenters. The average molecular weight is 134 g/mol. The summed E-state index contributed by atoms with van der Waals surface area (Å²) in [6.45, 7) is 3.66. The second-order valence-corrected chi connectivity index (χ2v) is 2.06. The molecule has 0 aliphatic heterocycles. The summed E-state index contributed by atoms with van der Waals surface area (Å²) in [4.78, 5) is 0. The molecule has 1 unspecified atom stereocenters. The minimum Gasteiger partial charge on any atom is -0.323 e. The molecule has 1 aliphatic carbocycles. The van der Waals surface area contributed by atoms with Gasteiger partial charge in [0.15, 0.2) is 0 Å². The van der Waals surface area contributed by atoms with Crippen LogP contribution in [0.25, 0.3) is 0 Å². The van der Waals surface area contributed by atoms with Gasteiger partial charge in [0.1, 0.15) is 0 Å². The number of rotatable bonds is 1. The van der Waals surface area contributed by atoms with Crippen molar-refractivity contribution in [3.05, 3.63) is 37.0 Å². The summed E-state index contributed by atoms with van der Waals surface area (Å²) in [5, 5.41) is 3.61. The highest BCUT2D eigenvalue weighted by molar-refractivity contribution is 6.00. The van der Waals surface area contributed by atoms with Gasteiger partial charge in [-0.3, -0.25) is 0 Å². The lowest BCUT2D eigenvalue weighted by Crippen LogP contribution is -2.10. The lowest BCUT2D eigenvalue weighted by atomic mass is 9.99. The molecule has 0 saturated heterocycles. The molecule has 2 heteroatoms. The van der Waals surface area contributed by atoms with Crippen LogP contribution in [0.5, 0.6) is 0 Å². The summed E-state index contributed by atoms with van der Waals surface area (Å²) < 4.78 is 0. The fourth-order valence-corrected chi connectivity index (χ4v) is 0.876. The Balaban J connectivity index is 2.83. The zero-order chi connectivity index (χ0) is 7.40. The van der Waals surface area contributed by atoms with Crippen LogP contribution in [-0.4, -0.2) is 5.71 Å². The van der Waals surface area contributed by atoms with Crippen molar-refractivity contribution in [3.8, 4) is 0 Å². The summed E-state index contributed by atoms with van der Waals surface area (Å²) >= 11 is 0. The van der Waals surface area contributed by atoms with Crippen LogP contribution in [0.2, 0.25) is 0 Å². The van der Waals surface area contributed by atoms with Gasteiger partial charge in [-0.25, -0.2) is 0 Å². The van der Waals surface area contributed by atoms with Crippen LogP contribution in [0, 0.1) is 5.92 Å². The Hall–Kier alpha value is -1.31. The highest BCUT2D eigenvalue weighted by atomic mass is 15.1. The first kappa shape index (κ1) is 6.81. The van der Waals surface area contributed by atoms with Gasteiger partial charge < -0.3 is 5.84 Å². The zero-order valence-corrected chi connectivity index (χ0v) is 5.70. The van der Waals surface area contributed by atoms with Crippen LogP contribution in [0.15, 0.2) is 42.1 Å². The van der Waals surface area contributed by atoms with Crippen molar-refractivity contribution >= 4 is 5.71 Å². The zero-order valence-electron chi connectivity index (χ0n) is 5.70. The summed E-state index contributed by atoms with van der Waals surface area (Å²) in [5.41, 5.74) is 0.859. The average Bonchev–Trinajstić information content (AvgIpc) is 2.04. The van der Waals surface area contributed by atoms with Crippen molar-refractivity contribution in [1.29, 1.82) is 0 Å². The van der Waals surface area contributed by atoms with Crippen molar-refractivity contribution in [1.82, 2.24) is 0 Å². The third-order valence-corrected chi connectivity index (χ3v) is 1.44. The largest absolute Gasteiger partial charge is 0.323 e. The number of nitrogens with zero attached hydrogens (tertiary/aromatic N) is 1. The lowest BCUT2D eigenvalue weighted by Gasteiger charge is -2.08. The predicted molar refractivity (Wildman–Crippen MR) is 43.6 cm³/mol. The fourth-order valence-electron chi connectivity index (χ4n) is 0.876. The minimum absolute atomic E-state index is 0.190. The summed E-state index contributed by atoms with van der Waals surface area (Å²) in [6, 6.07) is 0. The van der Waals surface area contributed by atoms with Crippen molar-refractivity contribution in [2.24, 2.45) is 16.9 Å². The molecule has 2 N–H and O–H groups in total. The molecule has 0 aromatic rings. The molecule has 0 saturated carbocycles. The number of hydrazone groups is 1. The molecular weight excluding hydrogens is 124 g/mol. The number of hydrogen-bond donors (Lipinski definition) is 1. The van der Waals surface area contributed by atoms with Crippen molar-refractivity contribution < 1.29 is 0 Å². The monoisotopic (exact) mass is 134 g/mol. The van der Waals surface area contributed by atoms with Crippen LogP contribution >= 0.6 is 0 Å². The topological polar surface area (TPSA) is 38.4 Å². The van der Waals surface area contributed by atoms with E-state index in [-0.39, 0.29) is 5.92 Å². The first-order chi connectivity index (χ1) is 4.88. The quantitative estimate of drug-likeness (QED) is 0.327. The Morgan fingerprint density at radius 2 is 2.40 bits per heavy atom. The maximum Gasteiger partial charge on any atom is 0.0707 e. The molecule has 1 aliphatic rings.